The van der Waals surface area contributed by atoms with Crippen molar-refractivity contribution in [2.45, 2.75) is 36.1 Å². The van der Waals surface area contributed by atoms with Crippen LogP contribution in [-0.4, -0.2) is 49.5 Å². The van der Waals surface area contributed by atoms with Crippen molar-refractivity contribution in [3.63, 3.8) is 0 Å². The first-order valence-electron chi connectivity index (χ1n) is 6.04. The first kappa shape index (κ1) is 18.6. The molecular formula is C12H18NO7S2+. The van der Waals surface area contributed by atoms with Crippen molar-refractivity contribution in [2.75, 3.05) is 7.11 Å². The van der Waals surface area contributed by atoms with Gasteiger partial charge in [0.25, 0.3) is 20.2 Å². The fraction of sp³-hybridized carbons (Fsp3) is 0.417. The fourth-order valence-corrected chi connectivity index (χ4v) is 2.93. The summed E-state index contributed by atoms with van der Waals surface area (Å²) < 4.78 is 64.7. The lowest BCUT2D eigenvalue weighted by atomic mass is 10.1. The molecule has 22 heavy (non-hydrogen) atoms. The molecule has 0 aliphatic rings. The minimum Gasteiger partial charge on any atom is -0.282 e. The molecule has 0 saturated carbocycles. The van der Waals surface area contributed by atoms with E-state index in [4.69, 9.17) is 9.39 Å². The minimum absolute atomic E-state index is 0.00618. The van der Waals surface area contributed by atoms with Crippen LogP contribution in [0.15, 0.2) is 28.0 Å². The number of hydroxylamine groups is 1. The summed E-state index contributed by atoms with van der Waals surface area (Å²) in [6.45, 7) is 5.39. The summed E-state index contributed by atoms with van der Waals surface area (Å²) in [5.41, 5.74) is -0.515. The Labute approximate surface area is 129 Å². The Hall–Kier alpha value is -1.49. The predicted octanol–water partition coefficient (Wildman–Crippen LogP) is 0.971. The molecule has 10 heteroatoms. The Bertz CT molecular complexity index is 802. The number of benzene rings is 1. The lowest BCUT2D eigenvalue weighted by Gasteiger charge is -2.14. The van der Waals surface area contributed by atoms with E-state index in [1.165, 1.54) is 18.1 Å². The summed E-state index contributed by atoms with van der Waals surface area (Å²) in [5.74, 6) is 0. The molecular weight excluding hydrogens is 334 g/mol. The molecule has 0 unspecified atom stereocenters. The highest BCUT2D eigenvalue weighted by atomic mass is 32.2. The molecule has 1 aromatic carbocycles. The van der Waals surface area contributed by atoms with Crippen LogP contribution >= 0.6 is 0 Å². The number of hydrogen-bond donors (Lipinski definition) is 2. The van der Waals surface area contributed by atoms with Gasteiger partial charge in [-0.15, -0.1) is 0 Å². The van der Waals surface area contributed by atoms with Gasteiger partial charge in [-0.3, -0.25) is 13.9 Å². The van der Waals surface area contributed by atoms with Gasteiger partial charge in [0.15, 0.2) is 0 Å². The van der Waals surface area contributed by atoms with Crippen LogP contribution in [0.5, 0.6) is 0 Å². The Morgan fingerprint density at radius 2 is 1.64 bits per heavy atom. The summed E-state index contributed by atoms with van der Waals surface area (Å²) >= 11 is 0. The molecule has 0 heterocycles. The lowest BCUT2D eigenvalue weighted by molar-refractivity contribution is -0.821. The summed E-state index contributed by atoms with van der Waals surface area (Å²) in [6.07, 6.45) is 1.30. The second kappa shape index (κ2) is 5.95. The van der Waals surface area contributed by atoms with Crippen LogP contribution in [0.2, 0.25) is 0 Å². The summed E-state index contributed by atoms with van der Waals surface area (Å²) in [7, 11) is -7.93. The van der Waals surface area contributed by atoms with Crippen molar-refractivity contribution in [3.05, 3.63) is 23.8 Å². The van der Waals surface area contributed by atoms with Crippen molar-refractivity contribution in [3.8, 4) is 0 Å². The highest BCUT2D eigenvalue weighted by molar-refractivity contribution is 7.86. The predicted molar refractivity (Wildman–Crippen MR) is 78.3 cm³/mol. The fourth-order valence-electron chi connectivity index (χ4n) is 1.65. The molecule has 0 radical (unpaired) electrons. The van der Waals surface area contributed by atoms with Crippen LogP contribution in [0, 0.1) is 0 Å². The van der Waals surface area contributed by atoms with Crippen LogP contribution in [-0.2, 0) is 25.1 Å². The highest BCUT2D eigenvalue weighted by Crippen LogP contribution is 2.20. The van der Waals surface area contributed by atoms with Crippen LogP contribution in [0.1, 0.15) is 26.3 Å². The van der Waals surface area contributed by atoms with Crippen LogP contribution in [0.3, 0.4) is 0 Å². The SMILES string of the molecule is CO/[N+](=C\c1ccc(S(=O)(=O)O)cc1S(=O)(=O)O)C(C)(C)C. The van der Waals surface area contributed by atoms with Gasteiger partial charge in [-0.2, -0.15) is 16.8 Å². The molecule has 0 amide bonds. The van der Waals surface area contributed by atoms with Gasteiger partial charge in [0, 0.05) is 20.8 Å². The minimum atomic E-state index is -4.70. The van der Waals surface area contributed by atoms with Gasteiger partial charge >= 0.3 is 0 Å². The second-order valence-corrected chi connectivity index (χ2v) is 8.27. The summed E-state index contributed by atoms with van der Waals surface area (Å²) in [5, 5.41) is 0. The monoisotopic (exact) mass is 352 g/mol. The number of hydrogen-bond acceptors (Lipinski definition) is 5. The van der Waals surface area contributed by atoms with Gasteiger partial charge in [0.05, 0.1) is 10.5 Å². The molecule has 2 N–H and O–H groups in total. The normalized spacial score (nSPS) is 14.0. The molecule has 0 fully saturated rings. The molecule has 0 bridgehead atoms. The van der Waals surface area contributed by atoms with E-state index in [1.807, 2.05) is 0 Å². The molecule has 1 rings (SSSR count). The van der Waals surface area contributed by atoms with Gasteiger partial charge in [-0.1, -0.05) is 0 Å². The molecule has 0 aliphatic carbocycles. The molecule has 0 aliphatic heterocycles. The van der Waals surface area contributed by atoms with Gasteiger partial charge in [-0.25, -0.2) is 0 Å². The van der Waals surface area contributed by atoms with Gasteiger partial charge in [0.2, 0.25) is 11.8 Å². The zero-order valence-corrected chi connectivity index (χ0v) is 14.1. The number of nitrogens with zero attached hydrogens (tertiary/aromatic N) is 1. The average Bonchev–Trinajstić information content (AvgIpc) is 2.32. The van der Waals surface area contributed by atoms with Crippen molar-refractivity contribution in [2.24, 2.45) is 0 Å². The van der Waals surface area contributed by atoms with Gasteiger partial charge < -0.3 is 0 Å². The van der Waals surface area contributed by atoms with E-state index in [9.17, 15) is 21.4 Å². The Balaban J connectivity index is 3.67. The van der Waals surface area contributed by atoms with Crippen molar-refractivity contribution < 1.29 is 35.5 Å². The molecule has 1 aromatic rings. The van der Waals surface area contributed by atoms with E-state index in [1.54, 1.807) is 20.8 Å². The second-order valence-electron chi connectivity index (χ2n) is 5.46. The van der Waals surface area contributed by atoms with Crippen LogP contribution in [0.4, 0.5) is 0 Å². The standard InChI is InChI=1S/C12H17NO7S2/c1-12(2,3)13(20-4)8-9-5-6-10(21(14,15)16)7-11(9)22(17,18)19/h5-8H,1-4H3,(H-,14,15,16,17,18,19)/p+1/b13-8-. The maximum absolute atomic E-state index is 11.5. The molecule has 8 nitrogen and oxygen atoms in total. The van der Waals surface area contributed by atoms with E-state index in [0.717, 1.165) is 12.1 Å². The largest absolute Gasteiger partial charge is 0.295 e. The van der Waals surface area contributed by atoms with Gasteiger partial charge in [0.1, 0.15) is 12.0 Å². The van der Waals surface area contributed by atoms with Crippen molar-refractivity contribution in [1.29, 1.82) is 0 Å². The third-order valence-corrected chi connectivity index (χ3v) is 4.43. The Morgan fingerprint density at radius 1 is 1.09 bits per heavy atom. The maximum atomic E-state index is 11.5. The van der Waals surface area contributed by atoms with Crippen molar-refractivity contribution in [1.82, 2.24) is 0 Å². The maximum Gasteiger partial charge on any atom is 0.295 e. The Morgan fingerprint density at radius 3 is 2.00 bits per heavy atom. The average molecular weight is 352 g/mol. The molecule has 0 atom stereocenters. The first-order chi connectivity index (χ1) is 9.76. The molecule has 0 saturated heterocycles. The van der Waals surface area contributed by atoms with Crippen LogP contribution in [0.25, 0.3) is 0 Å². The molecule has 0 aromatic heterocycles. The smallest absolute Gasteiger partial charge is 0.282 e. The quantitative estimate of drug-likeness (QED) is 0.358. The molecule has 0 spiro atoms. The van der Waals surface area contributed by atoms with Gasteiger partial charge in [-0.05, 0) is 22.9 Å². The topological polar surface area (TPSA) is 121 Å². The third kappa shape index (κ3) is 4.50. The van der Waals surface area contributed by atoms with E-state index in [2.05, 4.69) is 0 Å². The first-order valence-corrected chi connectivity index (χ1v) is 8.92. The Kier molecular flexibility index (Phi) is 5.02. The highest BCUT2D eigenvalue weighted by Gasteiger charge is 2.28. The van der Waals surface area contributed by atoms with Crippen LogP contribution < -0.4 is 0 Å². The van der Waals surface area contributed by atoms with E-state index in [0.29, 0.717) is 6.07 Å². The lowest BCUT2D eigenvalue weighted by Crippen LogP contribution is -2.33. The summed E-state index contributed by atoms with van der Waals surface area (Å²) in [4.78, 5) is 3.82. The molecule has 124 valence electrons. The number of rotatable bonds is 4. The third-order valence-electron chi connectivity index (χ3n) is 2.67. The van der Waals surface area contributed by atoms with Crippen molar-refractivity contribution >= 4 is 26.5 Å². The zero-order valence-electron chi connectivity index (χ0n) is 12.5. The van der Waals surface area contributed by atoms with E-state index in [-0.39, 0.29) is 5.56 Å². The van der Waals surface area contributed by atoms with E-state index < -0.39 is 35.6 Å². The summed E-state index contributed by atoms with van der Waals surface area (Å²) in [6, 6.07) is 2.84. The zero-order chi connectivity index (χ0) is 17.3. The van der Waals surface area contributed by atoms with E-state index >= 15 is 0 Å².